The third-order valence-corrected chi connectivity index (χ3v) is 3.01. The predicted octanol–water partition coefficient (Wildman–Crippen LogP) is 2.65. The van der Waals surface area contributed by atoms with Gasteiger partial charge in [0.2, 0.25) is 0 Å². The standard InChI is InChI=1S/C12H15F3N2/c1-16-7-10-5-3-8-2-4-9(12(13,14)15)6-11(8)17-10/h2,4,6,10,16-17H,3,5,7H2,1H3. The summed E-state index contributed by atoms with van der Waals surface area (Å²) in [6.07, 6.45) is -2.50. The van der Waals surface area contributed by atoms with Gasteiger partial charge >= 0.3 is 6.18 Å². The van der Waals surface area contributed by atoms with Gasteiger partial charge < -0.3 is 10.6 Å². The van der Waals surface area contributed by atoms with Gasteiger partial charge in [-0.15, -0.1) is 0 Å². The molecule has 2 nitrogen and oxygen atoms in total. The lowest BCUT2D eigenvalue weighted by Gasteiger charge is -2.27. The van der Waals surface area contributed by atoms with Crippen LogP contribution in [0.4, 0.5) is 18.9 Å². The molecule has 1 aromatic rings. The monoisotopic (exact) mass is 244 g/mol. The fourth-order valence-electron chi connectivity index (χ4n) is 2.13. The molecule has 0 spiro atoms. The van der Waals surface area contributed by atoms with Crippen molar-refractivity contribution in [3.05, 3.63) is 29.3 Å². The van der Waals surface area contributed by atoms with E-state index >= 15 is 0 Å². The number of benzene rings is 1. The number of hydrogen-bond donors (Lipinski definition) is 2. The summed E-state index contributed by atoms with van der Waals surface area (Å²) in [6, 6.07) is 4.13. The normalized spacial score (nSPS) is 19.6. The first kappa shape index (κ1) is 12.2. The van der Waals surface area contributed by atoms with Gasteiger partial charge in [-0.2, -0.15) is 13.2 Å². The van der Waals surface area contributed by atoms with Crippen LogP contribution in [-0.2, 0) is 12.6 Å². The molecule has 0 amide bonds. The molecule has 0 saturated heterocycles. The van der Waals surface area contributed by atoms with E-state index in [1.165, 1.54) is 6.07 Å². The molecule has 0 saturated carbocycles. The summed E-state index contributed by atoms with van der Waals surface area (Å²) in [5.74, 6) is 0. The van der Waals surface area contributed by atoms with Crippen LogP contribution in [0.25, 0.3) is 0 Å². The zero-order valence-corrected chi connectivity index (χ0v) is 9.56. The highest BCUT2D eigenvalue weighted by Crippen LogP contribution is 2.34. The molecule has 1 aliphatic heterocycles. The van der Waals surface area contributed by atoms with Crippen molar-refractivity contribution < 1.29 is 13.2 Å². The van der Waals surface area contributed by atoms with E-state index in [2.05, 4.69) is 10.6 Å². The highest BCUT2D eigenvalue weighted by Gasteiger charge is 2.31. The van der Waals surface area contributed by atoms with Crippen molar-refractivity contribution in [2.45, 2.75) is 25.1 Å². The minimum Gasteiger partial charge on any atom is -0.381 e. The second-order valence-electron chi connectivity index (χ2n) is 4.31. The second kappa shape index (κ2) is 4.56. The number of alkyl halides is 3. The van der Waals surface area contributed by atoms with E-state index in [4.69, 9.17) is 0 Å². The van der Waals surface area contributed by atoms with Crippen molar-refractivity contribution in [2.24, 2.45) is 0 Å². The predicted molar refractivity (Wildman–Crippen MR) is 61.1 cm³/mol. The van der Waals surface area contributed by atoms with Crippen molar-refractivity contribution in [3.63, 3.8) is 0 Å². The summed E-state index contributed by atoms with van der Waals surface area (Å²) in [4.78, 5) is 0. The minimum atomic E-state index is -4.27. The van der Waals surface area contributed by atoms with Gasteiger partial charge in [0.05, 0.1) is 5.56 Å². The van der Waals surface area contributed by atoms with Gasteiger partial charge in [-0.1, -0.05) is 6.07 Å². The van der Waals surface area contributed by atoms with Crippen LogP contribution < -0.4 is 10.6 Å². The Bertz CT molecular complexity index is 401. The summed E-state index contributed by atoms with van der Waals surface area (Å²) in [7, 11) is 1.84. The average molecular weight is 244 g/mol. The number of halogens is 3. The smallest absolute Gasteiger partial charge is 0.381 e. The van der Waals surface area contributed by atoms with E-state index in [1.807, 2.05) is 7.05 Å². The van der Waals surface area contributed by atoms with Crippen LogP contribution in [0.2, 0.25) is 0 Å². The molecule has 2 N–H and O–H groups in total. The Morgan fingerprint density at radius 3 is 2.82 bits per heavy atom. The molecule has 0 radical (unpaired) electrons. The summed E-state index contributed by atoms with van der Waals surface area (Å²) in [6.45, 7) is 0.760. The quantitative estimate of drug-likeness (QED) is 0.835. The summed E-state index contributed by atoms with van der Waals surface area (Å²) >= 11 is 0. The Morgan fingerprint density at radius 1 is 1.41 bits per heavy atom. The number of anilines is 1. The Balaban J connectivity index is 2.23. The van der Waals surface area contributed by atoms with Crippen molar-refractivity contribution in [3.8, 4) is 0 Å². The fourth-order valence-corrected chi connectivity index (χ4v) is 2.13. The Morgan fingerprint density at radius 2 is 2.18 bits per heavy atom. The summed E-state index contributed by atoms with van der Waals surface area (Å²) in [5, 5.41) is 6.18. The highest BCUT2D eigenvalue weighted by molar-refractivity contribution is 5.56. The largest absolute Gasteiger partial charge is 0.416 e. The molecule has 94 valence electrons. The van der Waals surface area contributed by atoms with Crippen molar-refractivity contribution in [2.75, 3.05) is 18.9 Å². The van der Waals surface area contributed by atoms with Crippen LogP contribution in [0.1, 0.15) is 17.5 Å². The number of fused-ring (bicyclic) bond motifs is 1. The molecule has 0 aromatic heterocycles. The number of hydrogen-bond acceptors (Lipinski definition) is 2. The topological polar surface area (TPSA) is 24.1 Å². The van der Waals surface area contributed by atoms with Crippen LogP contribution in [0.3, 0.4) is 0 Å². The van der Waals surface area contributed by atoms with Crippen molar-refractivity contribution >= 4 is 5.69 Å². The van der Waals surface area contributed by atoms with Gasteiger partial charge in [0, 0.05) is 18.3 Å². The Kier molecular flexibility index (Phi) is 3.28. The SMILES string of the molecule is CNCC1CCc2ccc(C(F)(F)F)cc2N1. The van der Waals surface area contributed by atoms with E-state index in [9.17, 15) is 13.2 Å². The molecule has 1 aliphatic rings. The first-order chi connectivity index (χ1) is 8.00. The highest BCUT2D eigenvalue weighted by atomic mass is 19.4. The zero-order valence-electron chi connectivity index (χ0n) is 9.56. The molecule has 1 atom stereocenters. The Hall–Kier alpha value is -1.23. The van der Waals surface area contributed by atoms with E-state index in [0.29, 0.717) is 5.69 Å². The van der Waals surface area contributed by atoms with Crippen LogP contribution >= 0.6 is 0 Å². The van der Waals surface area contributed by atoms with Gasteiger partial charge in [-0.05, 0) is 37.6 Å². The first-order valence-electron chi connectivity index (χ1n) is 5.62. The van der Waals surface area contributed by atoms with Gasteiger partial charge in [0.15, 0.2) is 0 Å². The minimum absolute atomic E-state index is 0.205. The maximum atomic E-state index is 12.6. The zero-order chi connectivity index (χ0) is 12.5. The molecule has 2 rings (SSSR count). The maximum Gasteiger partial charge on any atom is 0.416 e. The molecule has 5 heteroatoms. The summed E-state index contributed by atoms with van der Waals surface area (Å²) in [5.41, 5.74) is 0.991. The Labute approximate surface area is 98.2 Å². The number of aryl methyl sites for hydroxylation is 1. The summed E-state index contributed by atoms with van der Waals surface area (Å²) < 4.78 is 37.7. The first-order valence-corrected chi connectivity index (χ1v) is 5.62. The molecular weight excluding hydrogens is 229 g/mol. The molecule has 1 heterocycles. The molecule has 1 aromatic carbocycles. The molecule has 0 aliphatic carbocycles. The second-order valence-corrected chi connectivity index (χ2v) is 4.31. The number of nitrogens with one attached hydrogen (secondary N) is 2. The van der Waals surface area contributed by atoms with Crippen LogP contribution in [0.5, 0.6) is 0 Å². The van der Waals surface area contributed by atoms with Crippen molar-refractivity contribution in [1.29, 1.82) is 0 Å². The maximum absolute atomic E-state index is 12.6. The van der Waals surface area contributed by atoms with E-state index in [-0.39, 0.29) is 6.04 Å². The molecule has 0 bridgehead atoms. The van der Waals surface area contributed by atoms with Crippen molar-refractivity contribution in [1.82, 2.24) is 5.32 Å². The molecule has 0 fully saturated rings. The van der Waals surface area contributed by atoms with Gasteiger partial charge in [0.1, 0.15) is 0 Å². The molecule has 1 unspecified atom stereocenters. The third kappa shape index (κ3) is 2.72. The lowest BCUT2D eigenvalue weighted by Crippen LogP contribution is -2.34. The lowest BCUT2D eigenvalue weighted by atomic mass is 9.96. The molecule has 17 heavy (non-hydrogen) atoms. The fraction of sp³-hybridized carbons (Fsp3) is 0.500. The van der Waals surface area contributed by atoms with Crippen LogP contribution in [-0.4, -0.2) is 19.6 Å². The average Bonchev–Trinajstić information content (AvgIpc) is 2.27. The van der Waals surface area contributed by atoms with Crippen LogP contribution in [0.15, 0.2) is 18.2 Å². The number of rotatable bonds is 2. The third-order valence-electron chi connectivity index (χ3n) is 3.01. The van der Waals surface area contributed by atoms with E-state index in [0.717, 1.165) is 31.0 Å². The molecular formula is C12H15F3N2. The van der Waals surface area contributed by atoms with E-state index < -0.39 is 11.7 Å². The lowest BCUT2D eigenvalue weighted by molar-refractivity contribution is -0.137. The van der Waals surface area contributed by atoms with Gasteiger partial charge in [0.25, 0.3) is 0 Å². The van der Waals surface area contributed by atoms with Gasteiger partial charge in [-0.25, -0.2) is 0 Å². The van der Waals surface area contributed by atoms with Crippen LogP contribution in [0, 0.1) is 0 Å². The number of likely N-dealkylation sites (N-methyl/N-ethyl adjacent to an activating group) is 1. The van der Waals surface area contributed by atoms with Gasteiger partial charge in [-0.3, -0.25) is 0 Å². The van der Waals surface area contributed by atoms with E-state index in [1.54, 1.807) is 6.07 Å².